The first-order valence-electron chi connectivity index (χ1n) is 6.58. The molecule has 0 aliphatic carbocycles. The van der Waals surface area contributed by atoms with Crippen LogP contribution in [0.5, 0.6) is 0 Å². The van der Waals surface area contributed by atoms with E-state index >= 15 is 0 Å². The van der Waals surface area contributed by atoms with Gasteiger partial charge in [-0.15, -0.1) is 0 Å². The molecule has 3 amide bonds. The van der Waals surface area contributed by atoms with Gasteiger partial charge in [-0.05, 0) is 31.5 Å². The van der Waals surface area contributed by atoms with Crippen molar-refractivity contribution in [3.8, 4) is 0 Å². The molecule has 0 radical (unpaired) electrons. The average molecular weight is 279 g/mol. The molecule has 2 rings (SSSR count). The van der Waals surface area contributed by atoms with Crippen molar-refractivity contribution in [2.24, 2.45) is 0 Å². The molecule has 1 saturated heterocycles. The Morgan fingerprint density at radius 1 is 1.50 bits per heavy atom. The average Bonchev–Trinajstić information content (AvgIpc) is 2.56. The third-order valence-electron chi connectivity index (χ3n) is 3.41. The lowest BCUT2D eigenvalue weighted by atomic mass is 10.2. The molecule has 1 heterocycles. The first-order valence-corrected chi connectivity index (χ1v) is 6.58. The predicted molar refractivity (Wildman–Crippen MR) is 74.0 cm³/mol. The molecule has 0 spiro atoms. The molecule has 5 nitrogen and oxygen atoms in total. The molecule has 0 aromatic heterocycles. The highest BCUT2D eigenvalue weighted by Gasteiger charge is 2.24. The SMILES string of the molecule is Cc1ccc(F)cc1NC(=O)N1CCC(=O)NCC1C. The highest BCUT2D eigenvalue weighted by Crippen LogP contribution is 2.17. The first-order chi connectivity index (χ1) is 9.47. The summed E-state index contributed by atoms with van der Waals surface area (Å²) in [5.74, 6) is -0.458. The smallest absolute Gasteiger partial charge is 0.322 e. The molecule has 1 unspecified atom stereocenters. The van der Waals surface area contributed by atoms with Crippen LogP contribution in [0.4, 0.5) is 14.9 Å². The van der Waals surface area contributed by atoms with Gasteiger partial charge in [-0.2, -0.15) is 0 Å². The summed E-state index contributed by atoms with van der Waals surface area (Å²) in [4.78, 5) is 25.2. The number of rotatable bonds is 1. The van der Waals surface area contributed by atoms with E-state index in [0.717, 1.165) is 5.56 Å². The number of nitrogens with one attached hydrogen (secondary N) is 2. The number of nitrogens with zero attached hydrogens (tertiary/aromatic N) is 1. The molecule has 20 heavy (non-hydrogen) atoms. The van der Waals surface area contributed by atoms with E-state index < -0.39 is 5.82 Å². The zero-order valence-electron chi connectivity index (χ0n) is 11.6. The van der Waals surface area contributed by atoms with Gasteiger partial charge in [0.15, 0.2) is 0 Å². The molecule has 6 heteroatoms. The molecule has 1 aliphatic heterocycles. The topological polar surface area (TPSA) is 61.4 Å². The minimum absolute atomic E-state index is 0.0610. The van der Waals surface area contributed by atoms with Crippen LogP contribution < -0.4 is 10.6 Å². The molecular weight excluding hydrogens is 261 g/mol. The highest BCUT2D eigenvalue weighted by molar-refractivity contribution is 5.91. The zero-order valence-corrected chi connectivity index (χ0v) is 11.6. The largest absolute Gasteiger partial charge is 0.354 e. The molecule has 1 aromatic carbocycles. The van der Waals surface area contributed by atoms with Crippen molar-refractivity contribution in [2.45, 2.75) is 26.3 Å². The number of hydrogen-bond acceptors (Lipinski definition) is 2. The van der Waals surface area contributed by atoms with E-state index in [9.17, 15) is 14.0 Å². The summed E-state index contributed by atoms with van der Waals surface area (Å²) in [6, 6.07) is 3.83. The summed E-state index contributed by atoms with van der Waals surface area (Å²) in [5.41, 5.74) is 1.24. The van der Waals surface area contributed by atoms with E-state index in [4.69, 9.17) is 0 Å². The fourth-order valence-corrected chi connectivity index (χ4v) is 2.12. The standard InChI is InChI=1S/C14H18FN3O2/c1-9-3-4-11(15)7-12(9)17-14(20)18-6-5-13(19)16-8-10(18)2/h3-4,7,10H,5-6,8H2,1-2H3,(H,16,19)(H,17,20). The van der Waals surface area contributed by atoms with Gasteiger partial charge in [0, 0.05) is 31.2 Å². The van der Waals surface area contributed by atoms with Crippen LogP contribution in [-0.2, 0) is 4.79 Å². The highest BCUT2D eigenvalue weighted by atomic mass is 19.1. The van der Waals surface area contributed by atoms with Gasteiger partial charge in [0.1, 0.15) is 5.82 Å². The molecule has 1 aromatic rings. The lowest BCUT2D eigenvalue weighted by Crippen LogP contribution is -2.44. The third-order valence-corrected chi connectivity index (χ3v) is 3.41. The second-order valence-corrected chi connectivity index (χ2v) is 4.99. The van der Waals surface area contributed by atoms with Gasteiger partial charge >= 0.3 is 6.03 Å². The lowest BCUT2D eigenvalue weighted by Gasteiger charge is -2.27. The van der Waals surface area contributed by atoms with E-state index in [2.05, 4.69) is 10.6 Å². The fraction of sp³-hybridized carbons (Fsp3) is 0.429. The number of amides is 3. The van der Waals surface area contributed by atoms with Gasteiger partial charge in [-0.3, -0.25) is 4.79 Å². The monoisotopic (exact) mass is 279 g/mol. The van der Waals surface area contributed by atoms with Crippen LogP contribution in [0, 0.1) is 12.7 Å². The summed E-state index contributed by atoms with van der Waals surface area (Å²) >= 11 is 0. The second kappa shape index (κ2) is 5.90. The third kappa shape index (κ3) is 3.26. The fourth-order valence-electron chi connectivity index (χ4n) is 2.12. The Bertz CT molecular complexity index is 533. The van der Waals surface area contributed by atoms with Crippen molar-refractivity contribution in [2.75, 3.05) is 18.4 Å². The Labute approximate surface area is 117 Å². The van der Waals surface area contributed by atoms with Crippen LogP contribution in [-0.4, -0.2) is 36.0 Å². The van der Waals surface area contributed by atoms with Crippen molar-refractivity contribution in [1.82, 2.24) is 10.2 Å². The molecule has 108 valence electrons. The molecular formula is C14H18FN3O2. The minimum atomic E-state index is -0.397. The molecule has 0 saturated carbocycles. The van der Waals surface area contributed by atoms with E-state index in [1.807, 2.05) is 6.92 Å². The number of carbonyl (C=O) groups is 2. The molecule has 0 bridgehead atoms. The Morgan fingerprint density at radius 3 is 3.00 bits per heavy atom. The number of urea groups is 1. The van der Waals surface area contributed by atoms with E-state index in [1.165, 1.54) is 12.1 Å². The number of benzene rings is 1. The Kier molecular flexibility index (Phi) is 4.22. The lowest BCUT2D eigenvalue weighted by molar-refractivity contribution is -0.120. The second-order valence-electron chi connectivity index (χ2n) is 4.99. The number of anilines is 1. The summed E-state index contributed by atoms with van der Waals surface area (Å²) in [6.07, 6.45) is 0.278. The van der Waals surface area contributed by atoms with Crippen molar-refractivity contribution in [3.05, 3.63) is 29.6 Å². The van der Waals surface area contributed by atoms with Gasteiger partial charge in [0.25, 0.3) is 0 Å². The maximum absolute atomic E-state index is 13.2. The van der Waals surface area contributed by atoms with Crippen molar-refractivity contribution in [1.29, 1.82) is 0 Å². The van der Waals surface area contributed by atoms with Crippen molar-refractivity contribution < 1.29 is 14.0 Å². The van der Waals surface area contributed by atoms with Crippen molar-refractivity contribution in [3.63, 3.8) is 0 Å². The van der Waals surface area contributed by atoms with Crippen molar-refractivity contribution >= 4 is 17.6 Å². The predicted octanol–water partition coefficient (Wildman–Crippen LogP) is 1.88. The van der Waals surface area contributed by atoms with Gasteiger partial charge in [0.05, 0.1) is 0 Å². The maximum atomic E-state index is 13.2. The van der Waals surface area contributed by atoms with Gasteiger partial charge in [0.2, 0.25) is 5.91 Å². The van der Waals surface area contributed by atoms with Crippen LogP contribution in [0.2, 0.25) is 0 Å². The minimum Gasteiger partial charge on any atom is -0.354 e. The quantitative estimate of drug-likeness (QED) is 0.824. The van der Waals surface area contributed by atoms with Gasteiger partial charge < -0.3 is 15.5 Å². The number of aryl methyl sites for hydroxylation is 1. The number of halogens is 1. The zero-order chi connectivity index (χ0) is 14.7. The van der Waals surface area contributed by atoms with Crippen LogP contribution in [0.15, 0.2) is 18.2 Å². The van der Waals surface area contributed by atoms with Crippen LogP contribution in [0.1, 0.15) is 18.9 Å². The van der Waals surface area contributed by atoms with E-state index in [1.54, 1.807) is 17.9 Å². The normalized spacial score (nSPS) is 19.2. The van der Waals surface area contributed by atoms with Crippen LogP contribution in [0.3, 0.4) is 0 Å². The molecule has 1 aliphatic rings. The summed E-state index contributed by atoms with van der Waals surface area (Å²) in [5, 5.41) is 5.44. The van der Waals surface area contributed by atoms with Crippen LogP contribution in [0.25, 0.3) is 0 Å². The molecule has 2 N–H and O–H groups in total. The van der Waals surface area contributed by atoms with Gasteiger partial charge in [-0.25, -0.2) is 9.18 Å². The Morgan fingerprint density at radius 2 is 2.25 bits per heavy atom. The number of carbonyl (C=O) groups excluding carboxylic acids is 2. The summed E-state index contributed by atoms with van der Waals surface area (Å²) in [6.45, 7) is 4.44. The molecule has 1 fully saturated rings. The van der Waals surface area contributed by atoms with Crippen LogP contribution >= 0.6 is 0 Å². The maximum Gasteiger partial charge on any atom is 0.322 e. The summed E-state index contributed by atoms with van der Waals surface area (Å²) in [7, 11) is 0. The first kappa shape index (κ1) is 14.3. The Hall–Kier alpha value is -2.11. The van der Waals surface area contributed by atoms with E-state index in [-0.39, 0.29) is 24.4 Å². The van der Waals surface area contributed by atoms with Gasteiger partial charge in [-0.1, -0.05) is 6.07 Å². The van der Waals surface area contributed by atoms with E-state index in [0.29, 0.717) is 18.8 Å². The summed E-state index contributed by atoms with van der Waals surface area (Å²) < 4.78 is 13.2. The number of hydrogen-bond donors (Lipinski definition) is 2. The Balaban J connectivity index is 2.10. The molecule has 1 atom stereocenters.